The van der Waals surface area contributed by atoms with Crippen LogP contribution in [-0.2, 0) is 11.2 Å². The molecule has 4 aromatic rings. The van der Waals surface area contributed by atoms with E-state index in [4.69, 9.17) is 9.97 Å². The minimum Gasteiger partial charge on any atom is -0.362 e. The van der Waals surface area contributed by atoms with Gasteiger partial charge in [0.1, 0.15) is 5.82 Å². The summed E-state index contributed by atoms with van der Waals surface area (Å²) in [6.45, 7) is 0. The predicted molar refractivity (Wildman–Crippen MR) is 138 cm³/mol. The van der Waals surface area contributed by atoms with E-state index in [2.05, 4.69) is 20.8 Å². The number of amides is 1. The van der Waals surface area contributed by atoms with Crippen LogP contribution in [0.2, 0.25) is 0 Å². The minimum absolute atomic E-state index is 0.0837. The normalized spacial score (nSPS) is 17.9. The topological polar surface area (TPSA) is 116 Å². The van der Waals surface area contributed by atoms with Crippen molar-refractivity contribution in [1.29, 1.82) is 0 Å². The van der Waals surface area contributed by atoms with E-state index in [0.717, 1.165) is 42.4 Å². The van der Waals surface area contributed by atoms with Gasteiger partial charge in [0, 0.05) is 37.0 Å². The maximum absolute atomic E-state index is 12.7. The highest BCUT2D eigenvalue weighted by molar-refractivity contribution is 5.90. The third-order valence-electron chi connectivity index (χ3n) is 6.54. The highest BCUT2D eigenvalue weighted by atomic mass is 16.1. The van der Waals surface area contributed by atoms with E-state index in [1.54, 1.807) is 12.1 Å². The molecule has 0 atom stereocenters. The zero-order chi connectivity index (χ0) is 24.4. The van der Waals surface area contributed by atoms with Gasteiger partial charge in [0.25, 0.3) is 5.56 Å². The van der Waals surface area contributed by atoms with Crippen molar-refractivity contribution in [2.45, 2.75) is 44.2 Å². The van der Waals surface area contributed by atoms with Crippen LogP contribution >= 0.6 is 0 Å². The van der Waals surface area contributed by atoms with Crippen molar-refractivity contribution in [3.05, 3.63) is 64.6 Å². The van der Waals surface area contributed by atoms with E-state index in [1.807, 2.05) is 55.4 Å². The summed E-state index contributed by atoms with van der Waals surface area (Å²) in [6.07, 6.45) is 3.71. The van der Waals surface area contributed by atoms with E-state index in [9.17, 15) is 9.59 Å². The number of aromatic amines is 1. The number of para-hydroxylation sites is 1. The summed E-state index contributed by atoms with van der Waals surface area (Å²) in [6, 6.07) is 15.6. The molecule has 0 bridgehead atoms. The minimum atomic E-state index is -0.247. The molecule has 2 heterocycles. The largest absolute Gasteiger partial charge is 0.362 e. The number of nitrogens with zero attached hydrogens (tertiary/aromatic N) is 4. The van der Waals surface area contributed by atoms with Gasteiger partial charge < -0.3 is 15.5 Å². The molecule has 180 valence electrons. The molecule has 0 spiro atoms. The number of aromatic nitrogens is 4. The van der Waals surface area contributed by atoms with Gasteiger partial charge in [0.2, 0.25) is 11.9 Å². The molecule has 1 aliphatic carbocycles. The second kappa shape index (κ2) is 9.69. The molecule has 1 amide bonds. The number of fused-ring (bicyclic) bond motifs is 2. The van der Waals surface area contributed by atoms with Crippen molar-refractivity contribution in [3.63, 3.8) is 0 Å². The number of carbonyl (C=O) groups excluding carboxylic acids is 1. The lowest BCUT2D eigenvalue weighted by Gasteiger charge is -2.30. The molecule has 2 aromatic heterocycles. The quantitative estimate of drug-likeness (QED) is 0.396. The van der Waals surface area contributed by atoms with Crippen LogP contribution in [0.15, 0.2) is 53.3 Å². The van der Waals surface area contributed by atoms with Gasteiger partial charge in [-0.2, -0.15) is 10.1 Å². The highest BCUT2D eigenvalue weighted by Crippen LogP contribution is 2.26. The van der Waals surface area contributed by atoms with Crippen molar-refractivity contribution in [2.24, 2.45) is 0 Å². The fourth-order valence-corrected chi connectivity index (χ4v) is 4.77. The lowest BCUT2D eigenvalue weighted by atomic mass is 9.91. The van der Waals surface area contributed by atoms with Crippen molar-refractivity contribution < 1.29 is 4.79 Å². The van der Waals surface area contributed by atoms with Crippen molar-refractivity contribution >= 4 is 39.3 Å². The van der Waals surface area contributed by atoms with Crippen molar-refractivity contribution in [2.75, 3.05) is 24.3 Å². The molecule has 3 N–H and O–H groups in total. The molecule has 9 heteroatoms. The van der Waals surface area contributed by atoms with Gasteiger partial charge in [0.05, 0.1) is 23.0 Å². The zero-order valence-electron chi connectivity index (χ0n) is 19.9. The van der Waals surface area contributed by atoms with E-state index in [1.165, 1.54) is 0 Å². The Morgan fingerprint density at radius 3 is 2.34 bits per heavy atom. The van der Waals surface area contributed by atoms with Crippen LogP contribution in [-0.4, -0.2) is 52.3 Å². The Morgan fingerprint density at radius 2 is 1.60 bits per heavy atom. The monoisotopic (exact) mass is 471 g/mol. The van der Waals surface area contributed by atoms with E-state index < -0.39 is 0 Å². The van der Waals surface area contributed by atoms with Crippen LogP contribution in [0.1, 0.15) is 31.4 Å². The van der Waals surface area contributed by atoms with Crippen molar-refractivity contribution in [3.8, 4) is 0 Å². The average molecular weight is 472 g/mol. The number of hydrogen-bond acceptors (Lipinski definition) is 7. The number of rotatable bonds is 6. The first-order valence-electron chi connectivity index (χ1n) is 11.9. The highest BCUT2D eigenvalue weighted by Gasteiger charge is 2.24. The maximum atomic E-state index is 12.7. The standard InChI is InChI=1S/C26H29N7O2/c1-33(2)24-20-9-5-6-10-21(20)29-26(30-24)28-17-13-11-16(12-14-17)27-23(34)15-22-18-7-3-4-8-19(18)25(35)32-31-22/h3-10,16-17H,11-15H2,1-2H3,(H,27,34)(H,32,35)(H,28,29,30)/t16-,17+. The number of benzene rings is 2. The van der Waals surface area contributed by atoms with Crippen LogP contribution < -0.4 is 21.1 Å². The molecular formula is C26H29N7O2. The third-order valence-corrected chi connectivity index (χ3v) is 6.54. The second-order valence-electron chi connectivity index (χ2n) is 9.26. The first kappa shape index (κ1) is 22.8. The average Bonchev–Trinajstić information content (AvgIpc) is 2.86. The Bertz CT molecular complexity index is 1420. The molecule has 0 saturated heterocycles. The number of hydrogen-bond donors (Lipinski definition) is 3. The smallest absolute Gasteiger partial charge is 0.272 e. The van der Waals surface area contributed by atoms with Crippen molar-refractivity contribution in [1.82, 2.24) is 25.5 Å². The Morgan fingerprint density at radius 1 is 0.943 bits per heavy atom. The fourth-order valence-electron chi connectivity index (χ4n) is 4.77. The van der Waals surface area contributed by atoms with Gasteiger partial charge >= 0.3 is 0 Å². The van der Waals surface area contributed by atoms with Crippen LogP contribution in [0.5, 0.6) is 0 Å². The third kappa shape index (κ3) is 4.94. The van der Waals surface area contributed by atoms with Gasteiger partial charge in [-0.3, -0.25) is 9.59 Å². The molecule has 9 nitrogen and oxygen atoms in total. The molecule has 2 aromatic carbocycles. The summed E-state index contributed by atoms with van der Waals surface area (Å²) in [5, 5.41) is 15.5. The Kier molecular flexibility index (Phi) is 6.31. The number of carbonyl (C=O) groups is 1. The predicted octanol–water partition coefficient (Wildman–Crippen LogP) is 3.01. The molecule has 0 unspecified atom stereocenters. The van der Waals surface area contributed by atoms with Crippen LogP contribution in [0.4, 0.5) is 11.8 Å². The van der Waals surface area contributed by atoms with E-state index >= 15 is 0 Å². The van der Waals surface area contributed by atoms with Crippen LogP contribution in [0.3, 0.4) is 0 Å². The molecule has 1 saturated carbocycles. The summed E-state index contributed by atoms with van der Waals surface area (Å²) in [4.78, 5) is 36.2. The summed E-state index contributed by atoms with van der Waals surface area (Å²) in [5.41, 5.74) is 1.25. The summed E-state index contributed by atoms with van der Waals surface area (Å²) in [5.74, 6) is 1.44. The van der Waals surface area contributed by atoms with Crippen LogP contribution in [0.25, 0.3) is 21.7 Å². The maximum Gasteiger partial charge on any atom is 0.272 e. The first-order valence-corrected chi connectivity index (χ1v) is 11.9. The fraction of sp³-hybridized carbons (Fsp3) is 0.346. The van der Waals surface area contributed by atoms with Gasteiger partial charge in [-0.25, -0.2) is 10.1 Å². The van der Waals surface area contributed by atoms with E-state index in [-0.39, 0.29) is 30.0 Å². The Labute approximate surface area is 203 Å². The molecule has 1 fully saturated rings. The molecule has 1 aliphatic rings. The van der Waals surface area contributed by atoms with Crippen LogP contribution in [0, 0.1) is 0 Å². The summed E-state index contributed by atoms with van der Waals surface area (Å²) in [7, 11) is 3.97. The van der Waals surface area contributed by atoms with Gasteiger partial charge in [0.15, 0.2) is 0 Å². The lowest BCUT2D eigenvalue weighted by molar-refractivity contribution is -0.121. The first-order chi connectivity index (χ1) is 17.0. The number of H-pyrrole nitrogens is 1. The summed E-state index contributed by atoms with van der Waals surface area (Å²) < 4.78 is 0. The Balaban J connectivity index is 1.19. The van der Waals surface area contributed by atoms with Gasteiger partial charge in [-0.05, 0) is 43.9 Å². The SMILES string of the molecule is CN(C)c1nc(N[C@H]2CC[C@@H](NC(=O)Cc3n[nH]c(=O)c4ccccc34)CC2)nc2ccccc12. The molecule has 0 radical (unpaired) electrons. The van der Waals surface area contributed by atoms with Gasteiger partial charge in [-0.1, -0.05) is 30.3 Å². The lowest BCUT2D eigenvalue weighted by Crippen LogP contribution is -2.41. The molecule has 35 heavy (non-hydrogen) atoms. The number of anilines is 2. The number of nitrogens with one attached hydrogen (secondary N) is 3. The zero-order valence-corrected chi connectivity index (χ0v) is 19.9. The molecule has 0 aliphatic heterocycles. The molecular weight excluding hydrogens is 442 g/mol. The Hall–Kier alpha value is -4.01. The second-order valence-corrected chi connectivity index (χ2v) is 9.26. The molecule has 5 rings (SSSR count). The van der Waals surface area contributed by atoms with Gasteiger partial charge in [-0.15, -0.1) is 0 Å². The van der Waals surface area contributed by atoms with E-state index in [0.29, 0.717) is 22.4 Å². The summed E-state index contributed by atoms with van der Waals surface area (Å²) >= 11 is 0.